The smallest absolute Gasteiger partial charge is 0.273 e. The van der Waals surface area contributed by atoms with Crippen molar-refractivity contribution in [3.63, 3.8) is 0 Å². The molecule has 0 bridgehead atoms. The van der Waals surface area contributed by atoms with Crippen molar-refractivity contribution < 1.29 is 4.79 Å². The van der Waals surface area contributed by atoms with Crippen LogP contribution in [0.3, 0.4) is 0 Å². The lowest BCUT2D eigenvalue weighted by Gasteiger charge is -2.07. The number of benzene rings is 1. The molecule has 0 radical (unpaired) electrons. The number of hydrogen-bond donors (Lipinski definition) is 2. The number of nitrogens with zero attached hydrogens (tertiary/aromatic N) is 2. The van der Waals surface area contributed by atoms with Crippen LogP contribution in [0.5, 0.6) is 0 Å². The van der Waals surface area contributed by atoms with E-state index in [2.05, 4.69) is 22.5 Å². The van der Waals surface area contributed by atoms with E-state index in [4.69, 9.17) is 0 Å². The fourth-order valence-corrected chi connectivity index (χ4v) is 1.75. The summed E-state index contributed by atoms with van der Waals surface area (Å²) >= 11 is 0. The van der Waals surface area contributed by atoms with E-state index < -0.39 is 0 Å². The van der Waals surface area contributed by atoms with Gasteiger partial charge in [-0.15, -0.1) is 0 Å². The van der Waals surface area contributed by atoms with Crippen LogP contribution in [-0.4, -0.2) is 22.0 Å². The van der Waals surface area contributed by atoms with Crippen molar-refractivity contribution in [2.75, 3.05) is 11.9 Å². The number of rotatable bonds is 5. The lowest BCUT2D eigenvalue weighted by atomic mass is 10.2. The number of hydrogen-bond acceptors (Lipinski definition) is 3. The topological polar surface area (TPSA) is 58.9 Å². The SMILES string of the molecule is CCNCc1ccc(NC(=O)c2cncn2C)cc1. The number of aryl methyl sites for hydroxylation is 1. The molecule has 0 unspecified atom stereocenters. The molecule has 2 N–H and O–H groups in total. The summed E-state index contributed by atoms with van der Waals surface area (Å²) in [6, 6.07) is 7.81. The van der Waals surface area contributed by atoms with E-state index in [9.17, 15) is 4.79 Å². The van der Waals surface area contributed by atoms with Gasteiger partial charge in [-0.05, 0) is 24.2 Å². The van der Waals surface area contributed by atoms with Crippen molar-refractivity contribution >= 4 is 11.6 Å². The zero-order valence-corrected chi connectivity index (χ0v) is 11.2. The molecule has 2 rings (SSSR count). The molecule has 0 saturated heterocycles. The van der Waals surface area contributed by atoms with Gasteiger partial charge < -0.3 is 15.2 Å². The summed E-state index contributed by atoms with van der Waals surface area (Å²) in [5, 5.41) is 6.10. The van der Waals surface area contributed by atoms with E-state index >= 15 is 0 Å². The minimum atomic E-state index is -0.153. The monoisotopic (exact) mass is 258 g/mol. The highest BCUT2D eigenvalue weighted by atomic mass is 16.1. The predicted molar refractivity (Wildman–Crippen MR) is 75.0 cm³/mol. The number of carbonyl (C=O) groups excluding carboxylic acids is 1. The normalized spacial score (nSPS) is 10.4. The summed E-state index contributed by atoms with van der Waals surface area (Å²) in [5.74, 6) is -0.153. The van der Waals surface area contributed by atoms with Gasteiger partial charge in [0.1, 0.15) is 5.69 Å². The van der Waals surface area contributed by atoms with E-state index in [1.54, 1.807) is 24.1 Å². The highest BCUT2D eigenvalue weighted by Gasteiger charge is 2.09. The third kappa shape index (κ3) is 3.42. The van der Waals surface area contributed by atoms with Crippen LogP contribution in [0.25, 0.3) is 0 Å². The van der Waals surface area contributed by atoms with Crippen molar-refractivity contribution in [3.05, 3.63) is 48.0 Å². The zero-order chi connectivity index (χ0) is 13.7. The third-order valence-corrected chi connectivity index (χ3v) is 2.84. The second kappa shape index (κ2) is 6.15. The van der Waals surface area contributed by atoms with Crippen LogP contribution in [0.4, 0.5) is 5.69 Å². The minimum Gasteiger partial charge on any atom is -0.330 e. The molecule has 0 spiro atoms. The first-order valence-corrected chi connectivity index (χ1v) is 6.28. The Kier molecular flexibility index (Phi) is 4.30. The maximum Gasteiger partial charge on any atom is 0.273 e. The Morgan fingerprint density at radius 2 is 2.05 bits per heavy atom. The van der Waals surface area contributed by atoms with Gasteiger partial charge in [-0.1, -0.05) is 19.1 Å². The summed E-state index contributed by atoms with van der Waals surface area (Å²) in [6.45, 7) is 3.86. The Bertz CT molecular complexity index is 545. The van der Waals surface area contributed by atoms with Crippen molar-refractivity contribution in [1.82, 2.24) is 14.9 Å². The van der Waals surface area contributed by atoms with E-state index in [0.29, 0.717) is 5.69 Å². The van der Waals surface area contributed by atoms with Gasteiger partial charge in [0.25, 0.3) is 5.91 Å². The summed E-state index contributed by atoms with van der Waals surface area (Å²) in [4.78, 5) is 15.9. The highest BCUT2D eigenvalue weighted by molar-refractivity contribution is 6.02. The molecule has 0 aliphatic heterocycles. The van der Waals surface area contributed by atoms with Gasteiger partial charge in [-0.25, -0.2) is 4.98 Å². The Morgan fingerprint density at radius 1 is 1.32 bits per heavy atom. The Balaban J connectivity index is 2.00. The van der Waals surface area contributed by atoms with E-state index in [1.807, 2.05) is 24.3 Å². The van der Waals surface area contributed by atoms with Gasteiger partial charge in [0.05, 0.1) is 12.5 Å². The standard InChI is InChI=1S/C14H18N4O/c1-3-15-8-11-4-6-12(7-5-11)17-14(19)13-9-16-10-18(13)2/h4-7,9-10,15H,3,8H2,1-2H3,(H,17,19). The average Bonchev–Trinajstić information content (AvgIpc) is 2.84. The van der Waals surface area contributed by atoms with Crippen LogP contribution in [0.2, 0.25) is 0 Å². The van der Waals surface area contributed by atoms with Gasteiger partial charge in [0.15, 0.2) is 0 Å². The first-order chi connectivity index (χ1) is 9.20. The molecule has 100 valence electrons. The van der Waals surface area contributed by atoms with Crippen molar-refractivity contribution in [3.8, 4) is 0 Å². The van der Waals surface area contributed by atoms with Crippen molar-refractivity contribution in [2.24, 2.45) is 7.05 Å². The predicted octanol–water partition coefficient (Wildman–Crippen LogP) is 1.78. The molecular formula is C14H18N4O. The van der Waals surface area contributed by atoms with Crippen LogP contribution in [-0.2, 0) is 13.6 Å². The molecule has 1 aromatic heterocycles. The lowest BCUT2D eigenvalue weighted by Crippen LogP contribution is -2.15. The quantitative estimate of drug-likeness (QED) is 0.859. The maximum absolute atomic E-state index is 12.0. The molecule has 1 amide bonds. The van der Waals surface area contributed by atoms with E-state index in [1.165, 1.54) is 5.56 Å². The lowest BCUT2D eigenvalue weighted by molar-refractivity contribution is 0.101. The Hall–Kier alpha value is -2.14. The molecule has 5 nitrogen and oxygen atoms in total. The molecular weight excluding hydrogens is 240 g/mol. The van der Waals surface area contributed by atoms with Crippen molar-refractivity contribution in [1.29, 1.82) is 0 Å². The largest absolute Gasteiger partial charge is 0.330 e. The van der Waals surface area contributed by atoms with Gasteiger partial charge in [0.2, 0.25) is 0 Å². The molecule has 5 heteroatoms. The molecule has 19 heavy (non-hydrogen) atoms. The molecule has 0 aliphatic rings. The molecule has 0 fully saturated rings. The van der Waals surface area contributed by atoms with Gasteiger partial charge >= 0.3 is 0 Å². The fraction of sp³-hybridized carbons (Fsp3) is 0.286. The highest BCUT2D eigenvalue weighted by Crippen LogP contribution is 2.11. The Labute approximate surface area is 112 Å². The molecule has 0 atom stereocenters. The van der Waals surface area contributed by atoms with E-state index in [0.717, 1.165) is 18.8 Å². The first kappa shape index (κ1) is 13.3. The number of amides is 1. The van der Waals surface area contributed by atoms with Crippen LogP contribution in [0.1, 0.15) is 23.0 Å². The fourth-order valence-electron chi connectivity index (χ4n) is 1.75. The molecule has 2 aromatic rings. The number of anilines is 1. The molecule has 0 saturated carbocycles. The zero-order valence-electron chi connectivity index (χ0n) is 11.2. The maximum atomic E-state index is 12.0. The van der Waals surface area contributed by atoms with Crippen LogP contribution in [0.15, 0.2) is 36.8 Å². The molecule has 0 aliphatic carbocycles. The van der Waals surface area contributed by atoms with E-state index in [-0.39, 0.29) is 5.91 Å². The van der Waals surface area contributed by atoms with Crippen LogP contribution < -0.4 is 10.6 Å². The second-order valence-corrected chi connectivity index (χ2v) is 4.32. The summed E-state index contributed by atoms with van der Waals surface area (Å²) in [7, 11) is 1.79. The van der Waals surface area contributed by atoms with Gasteiger partial charge in [0, 0.05) is 19.3 Å². The number of nitrogens with one attached hydrogen (secondary N) is 2. The number of aromatic nitrogens is 2. The number of carbonyl (C=O) groups is 1. The Morgan fingerprint density at radius 3 is 2.63 bits per heavy atom. The molecule has 1 aromatic carbocycles. The van der Waals surface area contributed by atoms with Crippen molar-refractivity contribution in [2.45, 2.75) is 13.5 Å². The third-order valence-electron chi connectivity index (χ3n) is 2.84. The second-order valence-electron chi connectivity index (χ2n) is 4.32. The average molecular weight is 258 g/mol. The van der Waals surface area contributed by atoms with Crippen LogP contribution in [0, 0.1) is 0 Å². The van der Waals surface area contributed by atoms with Crippen LogP contribution >= 0.6 is 0 Å². The summed E-state index contributed by atoms with van der Waals surface area (Å²) in [6.07, 6.45) is 3.16. The van der Waals surface area contributed by atoms with Gasteiger partial charge in [-0.2, -0.15) is 0 Å². The first-order valence-electron chi connectivity index (χ1n) is 6.28. The van der Waals surface area contributed by atoms with Gasteiger partial charge in [-0.3, -0.25) is 4.79 Å². The molecule has 1 heterocycles. The summed E-state index contributed by atoms with van der Waals surface area (Å²) < 4.78 is 1.69. The number of imidazole rings is 1. The summed E-state index contributed by atoms with van der Waals surface area (Å²) in [5.41, 5.74) is 2.52. The minimum absolute atomic E-state index is 0.153.